The van der Waals surface area contributed by atoms with E-state index in [1.165, 1.54) is 12.1 Å². The SMILES string of the molecule is O=C(CCc1ccccc1)OCc1ccc(F)cc1. The van der Waals surface area contributed by atoms with Gasteiger partial charge in [-0.2, -0.15) is 0 Å². The zero-order valence-corrected chi connectivity index (χ0v) is 10.5. The first-order valence-electron chi connectivity index (χ1n) is 6.18. The van der Waals surface area contributed by atoms with Gasteiger partial charge in [0.25, 0.3) is 0 Å². The Hall–Kier alpha value is -2.16. The lowest BCUT2D eigenvalue weighted by molar-refractivity contribution is -0.144. The standard InChI is InChI=1S/C16H15FO2/c17-15-9-6-14(7-10-15)12-19-16(18)11-8-13-4-2-1-3-5-13/h1-7,9-10H,8,11-12H2. The minimum Gasteiger partial charge on any atom is -0.461 e. The molecule has 2 aromatic rings. The first kappa shape index (κ1) is 13.3. The van der Waals surface area contributed by atoms with Crippen LogP contribution in [-0.4, -0.2) is 5.97 Å². The van der Waals surface area contributed by atoms with Gasteiger partial charge >= 0.3 is 5.97 Å². The lowest BCUT2D eigenvalue weighted by Gasteiger charge is -2.05. The number of halogens is 1. The summed E-state index contributed by atoms with van der Waals surface area (Å²) in [4.78, 5) is 11.6. The first-order valence-corrected chi connectivity index (χ1v) is 6.18. The summed E-state index contributed by atoms with van der Waals surface area (Å²) in [6.45, 7) is 0.188. The van der Waals surface area contributed by atoms with Crippen molar-refractivity contribution in [1.29, 1.82) is 0 Å². The molecule has 0 spiro atoms. The maximum Gasteiger partial charge on any atom is 0.306 e. The third kappa shape index (κ3) is 4.54. The summed E-state index contributed by atoms with van der Waals surface area (Å²) >= 11 is 0. The fourth-order valence-electron chi connectivity index (χ4n) is 1.71. The summed E-state index contributed by atoms with van der Waals surface area (Å²) in [6, 6.07) is 15.7. The zero-order chi connectivity index (χ0) is 13.5. The Morgan fingerprint density at radius 2 is 1.63 bits per heavy atom. The van der Waals surface area contributed by atoms with Crippen LogP contribution in [0.2, 0.25) is 0 Å². The van der Waals surface area contributed by atoms with Crippen molar-refractivity contribution in [2.45, 2.75) is 19.4 Å². The Kier molecular flexibility index (Phi) is 4.67. The molecule has 2 rings (SSSR count). The van der Waals surface area contributed by atoms with Crippen LogP contribution in [0.25, 0.3) is 0 Å². The van der Waals surface area contributed by atoms with Crippen molar-refractivity contribution in [2.75, 3.05) is 0 Å². The van der Waals surface area contributed by atoms with Crippen LogP contribution < -0.4 is 0 Å². The lowest BCUT2D eigenvalue weighted by atomic mass is 10.1. The van der Waals surface area contributed by atoms with E-state index in [0.29, 0.717) is 12.8 Å². The first-order chi connectivity index (χ1) is 9.24. The molecule has 19 heavy (non-hydrogen) atoms. The van der Waals surface area contributed by atoms with Crippen LogP contribution in [0.4, 0.5) is 4.39 Å². The topological polar surface area (TPSA) is 26.3 Å². The highest BCUT2D eigenvalue weighted by atomic mass is 19.1. The van der Waals surface area contributed by atoms with Crippen LogP contribution in [0.1, 0.15) is 17.5 Å². The second-order valence-corrected chi connectivity index (χ2v) is 4.27. The molecule has 0 fully saturated rings. The van der Waals surface area contributed by atoms with E-state index in [-0.39, 0.29) is 18.4 Å². The fraction of sp³-hybridized carbons (Fsp3) is 0.188. The molecule has 2 aromatic carbocycles. The van der Waals surface area contributed by atoms with E-state index in [2.05, 4.69) is 0 Å². The number of esters is 1. The van der Waals surface area contributed by atoms with Crippen molar-refractivity contribution in [3.63, 3.8) is 0 Å². The molecule has 3 heteroatoms. The monoisotopic (exact) mass is 258 g/mol. The molecule has 0 saturated heterocycles. The average molecular weight is 258 g/mol. The summed E-state index contributed by atoms with van der Waals surface area (Å²) < 4.78 is 17.8. The highest BCUT2D eigenvalue weighted by Gasteiger charge is 2.04. The molecule has 2 nitrogen and oxygen atoms in total. The number of carbonyl (C=O) groups is 1. The predicted octanol–water partition coefficient (Wildman–Crippen LogP) is 3.50. The number of aryl methyl sites for hydroxylation is 1. The van der Waals surface area contributed by atoms with Crippen LogP contribution in [0.15, 0.2) is 54.6 Å². The van der Waals surface area contributed by atoms with Gasteiger partial charge in [-0.1, -0.05) is 42.5 Å². The number of hydrogen-bond donors (Lipinski definition) is 0. The Morgan fingerprint density at radius 1 is 0.947 bits per heavy atom. The van der Waals surface area contributed by atoms with E-state index >= 15 is 0 Å². The molecule has 0 aliphatic carbocycles. The van der Waals surface area contributed by atoms with Crippen molar-refractivity contribution >= 4 is 5.97 Å². The predicted molar refractivity (Wildman–Crippen MR) is 71.0 cm³/mol. The molecule has 0 unspecified atom stereocenters. The average Bonchev–Trinajstić information content (AvgIpc) is 2.45. The van der Waals surface area contributed by atoms with Crippen molar-refractivity contribution in [2.24, 2.45) is 0 Å². The number of benzene rings is 2. The van der Waals surface area contributed by atoms with E-state index in [0.717, 1.165) is 11.1 Å². The van der Waals surface area contributed by atoms with Crippen molar-refractivity contribution < 1.29 is 13.9 Å². The quantitative estimate of drug-likeness (QED) is 0.767. The molecule has 0 amide bonds. The van der Waals surface area contributed by atoms with Crippen LogP contribution in [0.5, 0.6) is 0 Å². The van der Waals surface area contributed by atoms with Gasteiger partial charge in [-0.25, -0.2) is 4.39 Å². The smallest absolute Gasteiger partial charge is 0.306 e. The summed E-state index contributed by atoms with van der Waals surface area (Å²) in [6.07, 6.45) is 1.02. The maximum absolute atomic E-state index is 12.7. The van der Waals surface area contributed by atoms with E-state index < -0.39 is 0 Å². The zero-order valence-electron chi connectivity index (χ0n) is 10.5. The van der Waals surface area contributed by atoms with Gasteiger partial charge in [0.15, 0.2) is 0 Å². The van der Waals surface area contributed by atoms with Gasteiger partial charge in [-0.05, 0) is 29.7 Å². The van der Waals surface area contributed by atoms with Crippen LogP contribution in [0, 0.1) is 5.82 Å². The van der Waals surface area contributed by atoms with Gasteiger partial charge in [-0.15, -0.1) is 0 Å². The Bertz CT molecular complexity index is 520. The molecule has 0 radical (unpaired) electrons. The highest BCUT2D eigenvalue weighted by Crippen LogP contribution is 2.07. The molecule has 0 aliphatic rings. The molecule has 0 aliphatic heterocycles. The fourth-order valence-corrected chi connectivity index (χ4v) is 1.71. The summed E-state index contributed by atoms with van der Waals surface area (Å²) in [5, 5.41) is 0. The molecule has 0 aromatic heterocycles. The second-order valence-electron chi connectivity index (χ2n) is 4.27. The van der Waals surface area contributed by atoms with Gasteiger partial charge in [0.1, 0.15) is 12.4 Å². The lowest BCUT2D eigenvalue weighted by Crippen LogP contribution is -2.05. The summed E-state index contributed by atoms with van der Waals surface area (Å²) in [5.74, 6) is -0.535. The molecule has 0 saturated carbocycles. The molecular weight excluding hydrogens is 243 g/mol. The van der Waals surface area contributed by atoms with E-state index in [1.807, 2.05) is 30.3 Å². The van der Waals surface area contributed by atoms with Gasteiger partial charge in [0.2, 0.25) is 0 Å². The minimum atomic E-state index is -0.292. The third-order valence-corrected chi connectivity index (χ3v) is 2.77. The summed E-state index contributed by atoms with van der Waals surface area (Å²) in [5.41, 5.74) is 1.90. The van der Waals surface area contributed by atoms with E-state index in [4.69, 9.17) is 4.74 Å². The third-order valence-electron chi connectivity index (χ3n) is 2.77. The Balaban J connectivity index is 1.74. The molecule has 0 heterocycles. The Labute approximate surface area is 111 Å². The maximum atomic E-state index is 12.7. The van der Waals surface area contributed by atoms with Crippen LogP contribution in [-0.2, 0) is 22.6 Å². The van der Waals surface area contributed by atoms with Gasteiger partial charge in [0.05, 0.1) is 0 Å². The second kappa shape index (κ2) is 6.69. The molecule has 98 valence electrons. The largest absolute Gasteiger partial charge is 0.461 e. The van der Waals surface area contributed by atoms with Crippen LogP contribution in [0.3, 0.4) is 0 Å². The van der Waals surface area contributed by atoms with Gasteiger partial charge in [0, 0.05) is 6.42 Å². The summed E-state index contributed by atoms with van der Waals surface area (Å²) in [7, 11) is 0. The van der Waals surface area contributed by atoms with Crippen LogP contribution >= 0.6 is 0 Å². The van der Waals surface area contributed by atoms with Crippen molar-refractivity contribution in [1.82, 2.24) is 0 Å². The molecule has 0 atom stereocenters. The molecular formula is C16H15FO2. The van der Waals surface area contributed by atoms with Crippen molar-refractivity contribution in [3.8, 4) is 0 Å². The number of ether oxygens (including phenoxy) is 1. The number of hydrogen-bond acceptors (Lipinski definition) is 2. The van der Waals surface area contributed by atoms with Gasteiger partial charge < -0.3 is 4.74 Å². The van der Waals surface area contributed by atoms with E-state index in [1.54, 1.807) is 12.1 Å². The molecule has 0 N–H and O–H groups in total. The minimum absolute atomic E-state index is 0.188. The Morgan fingerprint density at radius 3 is 2.32 bits per heavy atom. The van der Waals surface area contributed by atoms with E-state index in [9.17, 15) is 9.18 Å². The molecule has 0 bridgehead atoms. The number of carbonyl (C=O) groups excluding carboxylic acids is 1. The number of rotatable bonds is 5. The van der Waals surface area contributed by atoms with Crippen molar-refractivity contribution in [3.05, 3.63) is 71.5 Å². The van der Waals surface area contributed by atoms with Gasteiger partial charge in [-0.3, -0.25) is 4.79 Å². The normalized spacial score (nSPS) is 10.2. The highest BCUT2D eigenvalue weighted by molar-refractivity contribution is 5.69.